The Labute approximate surface area is 113 Å². The van der Waals surface area contributed by atoms with Gasteiger partial charge >= 0.3 is 5.97 Å². The summed E-state index contributed by atoms with van der Waals surface area (Å²) in [7, 11) is 0. The third kappa shape index (κ3) is 2.67. The number of oxime groups is 1. The van der Waals surface area contributed by atoms with Gasteiger partial charge < -0.3 is 9.40 Å². The van der Waals surface area contributed by atoms with Gasteiger partial charge in [0.05, 0.1) is 5.57 Å². The van der Waals surface area contributed by atoms with Crippen LogP contribution in [0.3, 0.4) is 0 Å². The van der Waals surface area contributed by atoms with Crippen LogP contribution in [0.4, 0.5) is 0 Å². The first kappa shape index (κ1) is 13.3. The number of aromatic nitrogens is 1. The van der Waals surface area contributed by atoms with E-state index in [0.29, 0.717) is 17.8 Å². The lowest BCUT2D eigenvalue weighted by molar-refractivity contribution is -0.136. The van der Waals surface area contributed by atoms with Crippen molar-refractivity contribution in [2.45, 2.75) is 27.3 Å². The number of hydrogen-bond acceptors (Lipinski definition) is 3. The Balaban J connectivity index is 2.41. The molecule has 0 saturated heterocycles. The summed E-state index contributed by atoms with van der Waals surface area (Å²) in [4.78, 5) is 16.6. The van der Waals surface area contributed by atoms with Gasteiger partial charge in [-0.05, 0) is 18.2 Å². The van der Waals surface area contributed by atoms with Gasteiger partial charge in [-0.3, -0.25) is 0 Å². The quantitative estimate of drug-likeness (QED) is 0.475. The first-order valence-electron chi connectivity index (χ1n) is 6.21. The summed E-state index contributed by atoms with van der Waals surface area (Å²) in [6.45, 7) is 10.4. The molecule has 100 valence electrons. The standard InChI is InChI=1S/C15H18N2O2/c1-5-8-17-9-6-7-11(17)10-12-13(15(2,3)4)16-19-14(12)18/h5-7,9-10H,1,8H2,2-4H3/b12-10+. The Morgan fingerprint density at radius 2 is 2.21 bits per heavy atom. The molecule has 0 spiro atoms. The van der Waals surface area contributed by atoms with Gasteiger partial charge in [-0.2, -0.15) is 0 Å². The zero-order chi connectivity index (χ0) is 14.0. The van der Waals surface area contributed by atoms with E-state index in [1.807, 2.05) is 55.8 Å². The normalized spacial score (nSPS) is 17.5. The van der Waals surface area contributed by atoms with Gasteiger partial charge in [0.1, 0.15) is 5.71 Å². The topological polar surface area (TPSA) is 43.6 Å². The predicted octanol–water partition coefficient (Wildman–Crippen LogP) is 3.02. The third-order valence-corrected chi connectivity index (χ3v) is 2.89. The van der Waals surface area contributed by atoms with Gasteiger partial charge in [0.2, 0.25) is 0 Å². The molecule has 0 N–H and O–H groups in total. The molecule has 4 heteroatoms. The maximum absolute atomic E-state index is 11.8. The van der Waals surface area contributed by atoms with E-state index >= 15 is 0 Å². The molecule has 0 aliphatic carbocycles. The summed E-state index contributed by atoms with van der Waals surface area (Å²) < 4.78 is 2.01. The highest BCUT2D eigenvalue weighted by Crippen LogP contribution is 2.28. The molecule has 1 aliphatic rings. The van der Waals surface area contributed by atoms with Crippen LogP contribution in [0.5, 0.6) is 0 Å². The molecule has 0 bridgehead atoms. The highest BCUT2D eigenvalue weighted by Gasteiger charge is 2.34. The first-order chi connectivity index (χ1) is 8.93. The molecule has 0 amide bonds. The second kappa shape index (κ2) is 4.88. The highest BCUT2D eigenvalue weighted by molar-refractivity contribution is 6.26. The highest BCUT2D eigenvalue weighted by atomic mass is 16.7. The van der Waals surface area contributed by atoms with E-state index in [1.165, 1.54) is 0 Å². The molecule has 1 aromatic rings. The lowest BCUT2D eigenvalue weighted by atomic mass is 9.85. The Morgan fingerprint density at radius 3 is 2.84 bits per heavy atom. The van der Waals surface area contributed by atoms with Gasteiger partial charge in [0.15, 0.2) is 0 Å². The minimum atomic E-state index is -0.392. The van der Waals surface area contributed by atoms with Crippen molar-refractivity contribution in [3.05, 3.63) is 42.3 Å². The Hall–Kier alpha value is -2.10. The van der Waals surface area contributed by atoms with Crippen molar-refractivity contribution in [2.75, 3.05) is 0 Å². The number of carbonyl (C=O) groups excluding carboxylic acids is 1. The van der Waals surface area contributed by atoms with E-state index in [9.17, 15) is 4.79 Å². The number of carbonyl (C=O) groups is 1. The summed E-state index contributed by atoms with van der Waals surface area (Å²) >= 11 is 0. The fourth-order valence-electron chi connectivity index (χ4n) is 1.96. The summed E-state index contributed by atoms with van der Waals surface area (Å²) in [5, 5.41) is 3.90. The molecule has 2 heterocycles. The molecule has 2 rings (SSSR count). The second-order valence-electron chi connectivity index (χ2n) is 5.50. The molecule has 0 unspecified atom stereocenters. The van der Waals surface area contributed by atoms with Gasteiger partial charge in [0, 0.05) is 23.9 Å². The van der Waals surface area contributed by atoms with Crippen LogP contribution in [0, 0.1) is 5.41 Å². The van der Waals surface area contributed by atoms with Crippen molar-refractivity contribution in [1.29, 1.82) is 0 Å². The average molecular weight is 258 g/mol. The van der Waals surface area contributed by atoms with E-state index in [-0.39, 0.29) is 5.41 Å². The molecule has 0 fully saturated rings. The zero-order valence-electron chi connectivity index (χ0n) is 11.5. The van der Waals surface area contributed by atoms with Gasteiger partial charge in [-0.25, -0.2) is 4.79 Å². The molecule has 0 atom stereocenters. The molecule has 4 nitrogen and oxygen atoms in total. The third-order valence-electron chi connectivity index (χ3n) is 2.89. The van der Waals surface area contributed by atoms with Crippen LogP contribution >= 0.6 is 0 Å². The maximum Gasteiger partial charge on any atom is 0.367 e. The van der Waals surface area contributed by atoms with Crippen LogP contribution < -0.4 is 0 Å². The van der Waals surface area contributed by atoms with Gasteiger partial charge in [0.25, 0.3) is 0 Å². The molecular weight excluding hydrogens is 240 g/mol. The summed E-state index contributed by atoms with van der Waals surface area (Å²) in [5.74, 6) is -0.392. The van der Waals surface area contributed by atoms with Crippen molar-refractivity contribution in [3.63, 3.8) is 0 Å². The minimum absolute atomic E-state index is 0.228. The van der Waals surface area contributed by atoms with Crippen molar-refractivity contribution in [3.8, 4) is 0 Å². The van der Waals surface area contributed by atoms with E-state index in [4.69, 9.17) is 4.84 Å². The zero-order valence-corrected chi connectivity index (χ0v) is 11.5. The van der Waals surface area contributed by atoms with Crippen LogP contribution in [-0.4, -0.2) is 16.2 Å². The van der Waals surface area contributed by atoms with E-state index < -0.39 is 5.97 Å². The largest absolute Gasteiger partial charge is 0.367 e. The fraction of sp³-hybridized carbons (Fsp3) is 0.333. The van der Waals surface area contributed by atoms with Crippen molar-refractivity contribution >= 4 is 17.8 Å². The van der Waals surface area contributed by atoms with Gasteiger partial charge in [-0.15, -0.1) is 6.58 Å². The lowest BCUT2D eigenvalue weighted by Gasteiger charge is -2.16. The fourth-order valence-corrected chi connectivity index (χ4v) is 1.96. The second-order valence-corrected chi connectivity index (χ2v) is 5.50. The summed E-state index contributed by atoms with van der Waals surface area (Å²) in [6.07, 6.45) is 5.58. The van der Waals surface area contributed by atoms with Crippen LogP contribution in [-0.2, 0) is 16.2 Å². The minimum Gasteiger partial charge on any atom is -0.344 e. The Kier molecular flexibility index (Phi) is 3.42. The molecule has 0 saturated carbocycles. The average Bonchev–Trinajstić information content (AvgIpc) is 2.88. The molecule has 0 aromatic carbocycles. The summed E-state index contributed by atoms with van der Waals surface area (Å²) in [5.41, 5.74) is 1.92. The SMILES string of the molecule is C=CCn1cccc1/C=C1/C(=O)ON=C1C(C)(C)C. The van der Waals surface area contributed by atoms with Crippen LogP contribution in [0.2, 0.25) is 0 Å². The molecular formula is C15H18N2O2. The summed E-state index contributed by atoms with van der Waals surface area (Å²) in [6, 6.07) is 3.88. The van der Waals surface area contributed by atoms with E-state index in [0.717, 1.165) is 5.69 Å². The van der Waals surface area contributed by atoms with Crippen LogP contribution in [0.15, 0.2) is 41.7 Å². The predicted molar refractivity (Wildman–Crippen MR) is 75.6 cm³/mol. The first-order valence-corrected chi connectivity index (χ1v) is 6.21. The molecule has 0 radical (unpaired) electrons. The van der Waals surface area contributed by atoms with Crippen molar-refractivity contribution in [1.82, 2.24) is 4.57 Å². The van der Waals surface area contributed by atoms with E-state index in [1.54, 1.807) is 0 Å². The molecule has 1 aliphatic heterocycles. The van der Waals surface area contributed by atoms with Crippen LogP contribution in [0.25, 0.3) is 6.08 Å². The van der Waals surface area contributed by atoms with Gasteiger partial charge in [-0.1, -0.05) is 32.0 Å². The number of rotatable bonds is 3. The van der Waals surface area contributed by atoms with E-state index in [2.05, 4.69) is 11.7 Å². The number of allylic oxidation sites excluding steroid dienone is 1. The van der Waals surface area contributed by atoms with Crippen molar-refractivity contribution in [2.24, 2.45) is 10.6 Å². The number of nitrogens with zero attached hydrogens (tertiary/aromatic N) is 2. The smallest absolute Gasteiger partial charge is 0.344 e. The number of hydrogen-bond donors (Lipinski definition) is 0. The lowest BCUT2D eigenvalue weighted by Crippen LogP contribution is -2.22. The molecule has 1 aromatic heterocycles. The van der Waals surface area contributed by atoms with Crippen molar-refractivity contribution < 1.29 is 9.63 Å². The van der Waals surface area contributed by atoms with Crippen LogP contribution in [0.1, 0.15) is 26.5 Å². The monoisotopic (exact) mass is 258 g/mol. The Morgan fingerprint density at radius 1 is 1.47 bits per heavy atom. The Bertz CT molecular complexity index is 571. The molecule has 19 heavy (non-hydrogen) atoms. The maximum atomic E-state index is 11.8.